The zero-order valence-corrected chi connectivity index (χ0v) is 14.1. The van der Waals surface area contributed by atoms with Gasteiger partial charge in [0.25, 0.3) is 5.56 Å². The largest absolute Gasteiger partial charge is 0.308 e. The van der Waals surface area contributed by atoms with E-state index in [9.17, 15) is 9.59 Å². The molecule has 1 atom stereocenters. The predicted molar refractivity (Wildman–Crippen MR) is 97.7 cm³/mol. The molecule has 3 heterocycles. The van der Waals surface area contributed by atoms with Crippen molar-refractivity contribution in [3.63, 3.8) is 0 Å². The van der Waals surface area contributed by atoms with Gasteiger partial charge in [-0.1, -0.05) is 24.3 Å². The second-order valence-corrected chi connectivity index (χ2v) is 6.47. The third kappa shape index (κ3) is 2.71. The zero-order chi connectivity index (χ0) is 17.4. The molecular formula is C20H19N3O2. The summed E-state index contributed by atoms with van der Waals surface area (Å²) in [4.78, 5) is 31.6. The minimum Gasteiger partial charge on any atom is -0.308 e. The molecule has 0 saturated heterocycles. The van der Waals surface area contributed by atoms with Crippen LogP contribution in [0, 0.1) is 0 Å². The molecule has 1 aliphatic heterocycles. The zero-order valence-electron chi connectivity index (χ0n) is 14.1. The van der Waals surface area contributed by atoms with Crippen molar-refractivity contribution in [3.8, 4) is 0 Å². The predicted octanol–water partition coefficient (Wildman–Crippen LogP) is 2.76. The van der Waals surface area contributed by atoms with Gasteiger partial charge < -0.3 is 9.47 Å². The molecule has 1 amide bonds. The lowest BCUT2D eigenvalue weighted by Gasteiger charge is -2.35. The van der Waals surface area contributed by atoms with Crippen LogP contribution in [-0.4, -0.2) is 21.5 Å². The summed E-state index contributed by atoms with van der Waals surface area (Å²) in [5.74, 6) is -0.0722. The van der Waals surface area contributed by atoms with Gasteiger partial charge in [0.05, 0.1) is 0 Å². The summed E-state index contributed by atoms with van der Waals surface area (Å²) in [6.07, 6.45) is 5.17. The molecule has 126 valence electrons. The molecule has 0 bridgehead atoms. The number of hydrogen-bond donors (Lipinski definition) is 0. The Morgan fingerprint density at radius 3 is 2.92 bits per heavy atom. The lowest BCUT2D eigenvalue weighted by atomic mass is 9.96. The maximum atomic E-state index is 13.0. The number of aryl methyl sites for hydroxylation is 1. The Labute approximate surface area is 145 Å². The molecule has 0 aliphatic carbocycles. The molecule has 1 aliphatic rings. The lowest BCUT2D eigenvalue weighted by molar-refractivity contribution is -0.119. The van der Waals surface area contributed by atoms with Crippen LogP contribution in [-0.2, 0) is 17.8 Å². The van der Waals surface area contributed by atoms with E-state index in [1.54, 1.807) is 18.5 Å². The van der Waals surface area contributed by atoms with Gasteiger partial charge in [-0.25, -0.2) is 0 Å². The van der Waals surface area contributed by atoms with Gasteiger partial charge in [0, 0.05) is 29.5 Å². The minimum atomic E-state index is -0.232. The standard InChI is InChI=1S/C20H19N3O2/c1-14-8-9-15-5-2-3-7-17(15)23(14)18(24)13-22-12-10-16-6-4-11-21-19(16)20(22)25/h2-7,10-12,14H,8-9,13H2,1H3. The van der Waals surface area contributed by atoms with Crippen LogP contribution >= 0.6 is 0 Å². The van der Waals surface area contributed by atoms with E-state index in [4.69, 9.17) is 0 Å². The molecule has 5 nitrogen and oxygen atoms in total. The fraction of sp³-hybridized carbons (Fsp3) is 0.250. The number of benzene rings is 1. The molecule has 2 aromatic heterocycles. The second kappa shape index (κ2) is 6.16. The monoisotopic (exact) mass is 333 g/mol. The van der Waals surface area contributed by atoms with Crippen LogP contribution in [0.2, 0.25) is 0 Å². The molecular weight excluding hydrogens is 314 g/mol. The molecule has 3 aromatic rings. The first kappa shape index (κ1) is 15.6. The normalized spacial score (nSPS) is 16.7. The molecule has 0 spiro atoms. The number of hydrogen-bond acceptors (Lipinski definition) is 3. The maximum absolute atomic E-state index is 13.0. The van der Waals surface area contributed by atoms with Crippen LogP contribution in [0.4, 0.5) is 5.69 Å². The molecule has 1 unspecified atom stereocenters. The van der Waals surface area contributed by atoms with E-state index < -0.39 is 0 Å². The fourth-order valence-corrected chi connectivity index (χ4v) is 3.52. The first-order valence-electron chi connectivity index (χ1n) is 8.49. The Morgan fingerprint density at radius 1 is 1.20 bits per heavy atom. The molecule has 0 N–H and O–H groups in total. The molecule has 1 aromatic carbocycles. The Hall–Kier alpha value is -2.95. The Bertz CT molecular complexity index is 1010. The Kier molecular flexibility index (Phi) is 3.84. The third-order valence-corrected chi connectivity index (χ3v) is 4.83. The van der Waals surface area contributed by atoms with Crippen molar-refractivity contribution in [2.45, 2.75) is 32.4 Å². The van der Waals surface area contributed by atoms with Gasteiger partial charge in [0.1, 0.15) is 12.1 Å². The number of carbonyl (C=O) groups excluding carboxylic acids is 1. The van der Waals surface area contributed by atoms with E-state index in [0.29, 0.717) is 5.52 Å². The van der Waals surface area contributed by atoms with Gasteiger partial charge in [-0.3, -0.25) is 14.6 Å². The fourth-order valence-electron chi connectivity index (χ4n) is 3.52. The van der Waals surface area contributed by atoms with Crippen molar-refractivity contribution in [1.29, 1.82) is 0 Å². The summed E-state index contributed by atoms with van der Waals surface area (Å²) in [6.45, 7) is 2.07. The van der Waals surface area contributed by atoms with Crippen molar-refractivity contribution in [2.24, 2.45) is 0 Å². The lowest BCUT2D eigenvalue weighted by Crippen LogP contribution is -2.44. The van der Waals surface area contributed by atoms with E-state index in [2.05, 4.69) is 18.0 Å². The van der Waals surface area contributed by atoms with E-state index in [-0.39, 0.29) is 24.1 Å². The van der Waals surface area contributed by atoms with Crippen molar-refractivity contribution in [1.82, 2.24) is 9.55 Å². The summed E-state index contributed by atoms with van der Waals surface area (Å²) in [6, 6.07) is 13.6. The van der Waals surface area contributed by atoms with Crippen LogP contribution in [0.15, 0.2) is 59.7 Å². The van der Waals surface area contributed by atoms with Crippen molar-refractivity contribution in [3.05, 3.63) is 70.8 Å². The topological polar surface area (TPSA) is 55.2 Å². The number of fused-ring (bicyclic) bond motifs is 2. The summed E-state index contributed by atoms with van der Waals surface area (Å²) < 4.78 is 1.45. The number of para-hydroxylation sites is 1. The maximum Gasteiger partial charge on any atom is 0.277 e. The molecule has 0 saturated carbocycles. The van der Waals surface area contributed by atoms with Gasteiger partial charge >= 0.3 is 0 Å². The van der Waals surface area contributed by atoms with Crippen molar-refractivity contribution in [2.75, 3.05) is 4.90 Å². The van der Waals surface area contributed by atoms with Crippen LogP contribution in [0.25, 0.3) is 10.9 Å². The van der Waals surface area contributed by atoms with E-state index in [0.717, 1.165) is 23.9 Å². The number of nitrogens with zero attached hydrogens (tertiary/aromatic N) is 3. The minimum absolute atomic E-state index is 0.0179. The van der Waals surface area contributed by atoms with Gasteiger partial charge in [0.15, 0.2) is 0 Å². The number of amides is 1. The Balaban J connectivity index is 1.69. The summed E-state index contributed by atoms with van der Waals surface area (Å²) in [7, 11) is 0. The average Bonchev–Trinajstić information content (AvgIpc) is 2.64. The number of aromatic nitrogens is 2. The second-order valence-electron chi connectivity index (χ2n) is 6.47. The number of anilines is 1. The van der Waals surface area contributed by atoms with Gasteiger partial charge in [0.2, 0.25) is 5.91 Å². The van der Waals surface area contributed by atoms with E-state index in [1.807, 2.05) is 35.2 Å². The molecule has 0 radical (unpaired) electrons. The van der Waals surface area contributed by atoms with Gasteiger partial charge in [-0.15, -0.1) is 0 Å². The van der Waals surface area contributed by atoms with Crippen molar-refractivity contribution >= 4 is 22.5 Å². The smallest absolute Gasteiger partial charge is 0.277 e. The van der Waals surface area contributed by atoms with E-state index in [1.165, 1.54) is 10.1 Å². The van der Waals surface area contributed by atoms with Crippen LogP contribution in [0.5, 0.6) is 0 Å². The van der Waals surface area contributed by atoms with Crippen LogP contribution in [0.3, 0.4) is 0 Å². The SMILES string of the molecule is CC1CCc2ccccc2N1C(=O)Cn1ccc2cccnc2c1=O. The third-order valence-electron chi connectivity index (χ3n) is 4.83. The molecule has 5 heteroatoms. The number of pyridine rings is 2. The Morgan fingerprint density at radius 2 is 2.04 bits per heavy atom. The molecule has 0 fully saturated rings. The van der Waals surface area contributed by atoms with Gasteiger partial charge in [-0.05, 0) is 43.5 Å². The van der Waals surface area contributed by atoms with Crippen molar-refractivity contribution < 1.29 is 4.79 Å². The van der Waals surface area contributed by atoms with Crippen LogP contribution in [0.1, 0.15) is 18.9 Å². The highest BCUT2D eigenvalue weighted by Gasteiger charge is 2.28. The van der Waals surface area contributed by atoms with Crippen LogP contribution < -0.4 is 10.5 Å². The quantitative estimate of drug-likeness (QED) is 0.724. The molecule has 25 heavy (non-hydrogen) atoms. The van der Waals surface area contributed by atoms with E-state index >= 15 is 0 Å². The van der Waals surface area contributed by atoms with Gasteiger partial charge in [-0.2, -0.15) is 0 Å². The highest BCUT2D eigenvalue weighted by atomic mass is 16.2. The average molecular weight is 333 g/mol. The number of rotatable bonds is 2. The summed E-state index contributed by atoms with van der Waals surface area (Å²) in [5, 5.41) is 0.785. The molecule has 4 rings (SSSR count). The highest BCUT2D eigenvalue weighted by molar-refractivity contribution is 5.95. The first-order chi connectivity index (χ1) is 12.1. The first-order valence-corrected chi connectivity index (χ1v) is 8.49. The summed E-state index contributed by atoms with van der Waals surface area (Å²) >= 11 is 0. The highest BCUT2D eigenvalue weighted by Crippen LogP contribution is 2.30. The summed E-state index contributed by atoms with van der Waals surface area (Å²) in [5.41, 5.74) is 2.30. The number of carbonyl (C=O) groups is 1.